The Hall–Kier alpha value is -3.57. The number of urea groups is 1. The van der Waals surface area contributed by atoms with E-state index in [4.69, 9.17) is 15.9 Å². The Labute approximate surface area is 181 Å². The summed E-state index contributed by atoms with van der Waals surface area (Å²) >= 11 is 3.35. The van der Waals surface area contributed by atoms with E-state index in [-0.39, 0.29) is 12.2 Å². The number of carbonyl (C=O) groups excluding carboxylic acids is 3. The number of rotatable bonds is 5. The van der Waals surface area contributed by atoms with Crippen molar-refractivity contribution in [2.24, 2.45) is 0 Å². The van der Waals surface area contributed by atoms with Crippen LogP contribution in [-0.4, -0.2) is 31.6 Å². The highest BCUT2D eigenvalue weighted by molar-refractivity contribution is 9.10. The molecule has 0 unspecified atom stereocenters. The monoisotopic (exact) mass is 468 g/mol. The predicted octanol–water partition coefficient (Wildman–Crippen LogP) is 3.44. The Morgan fingerprint density at radius 2 is 1.97 bits per heavy atom. The van der Waals surface area contributed by atoms with E-state index in [9.17, 15) is 14.4 Å². The van der Waals surface area contributed by atoms with Crippen LogP contribution in [0.5, 0.6) is 11.5 Å². The number of hydrogen-bond donors (Lipinski definition) is 1. The van der Waals surface area contributed by atoms with Crippen LogP contribution < -0.4 is 19.7 Å². The summed E-state index contributed by atoms with van der Waals surface area (Å²) in [5, 5.41) is 2.21. The van der Waals surface area contributed by atoms with E-state index in [2.05, 4.69) is 27.2 Å². The summed E-state index contributed by atoms with van der Waals surface area (Å²) in [5.41, 5.74) is 1.28. The zero-order valence-corrected chi connectivity index (χ0v) is 17.8. The highest BCUT2D eigenvalue weighted by atomic mass is 79.9. The van der Waals surface area contributed by atoms with E-state index >= 15 is 0 Å². The van der Waals surface area contributed by atoms with Gasteiger partial charge in [-0.3, -0.25) is 14.9 Å². The van der Waals surface area contributed by atoms with Crippen molar-refractivity contribution in [1.82, 2.24) is 5.32 Å². The maximum atomic E-state index is 13.1. The Balaban J connectivity index is 2.06. The first-order valence-corrected chi connectivity index (χ1v) is 9.57. The van der Waals surface area contributed by atoms with Crippen LogP contribution in [0.25, 0.3) is 6.08 Å². The minimum Gasteiger partial charge on any atom is -0.497 e. The van der Waals surface area contributed by atoms with E-state index in [1.165, 1.54) is 13.2 Å². The number of carbonyl (C=O) groups is 3. The molecule has 0 radical (unpaired) electrons. The second-order valence-corrected chi connectivity index (χ2v) is 7.20. The molecule has 0 aliphatic carbocycles. The number of hydrogen-bond acceptors (Lipinski definition) is 5. The molecule has 1 aliphatic rings. The van der Waals surface area contributed by atoms with E-state index in [0.717, 1.165) is 9.37 Å². The van der Waals surface area contributed by atoms with Crippen LogP contribution in [0.15, 0.2) is 46.4 Å². The van der Waals surface area contributed by atoms with Gasteiger partial charge in [0.2, 0.25) is 0 Å². The highest BCUT2D eigenvalue weighted by Crippen LogP contribution is 2.30. The first kappa shape index (κ1) is 21.1. The molecule has 1 saturated heterocycles. The van der Waals surface area contributed by atoms with Crippen molar-refractivity contribution in [1.29, 1.82) is 0 Å². The van der Waals surface area contributed by atoms with Crippen molar-refractivity contribution in [2.45, 2.75) is 6.92 Å². The fraction of sp³-hybridized carbons (Fsp3) is 0.136. The number of halogens is 1. The molecule has 30 heavy (non-hydrogen) atoms. The molecular formula is C22H17BrN2O5. The maximum Gasteiger partial charge on any atom is 0.335 e. The van der Waals surface area contributed by atoms with Crippen molar-refractivity contribution in [3.8, 4) is 23.8 Å². The van der Waals surface area contributed by atoms with Crippen LogP contribution in [0.2, 0.25) is 0 Å². The van der Waals surface area contributed by atoms with Gasteiger partial charge in [-0.05, 0) is 48.9 Å². The number of methoxy groups -OCH3 is 1. The fourth-order valence-corrected chi connectivity index (χ4v) is 3.38. The molecule has 1 aliphatic heterocycles. The lowest BCUT2D eigenvalue weighted by Gasteiger charge is -2.27. The molecule has 8 heteroatoms. The molecule has 0 saturated carbocycles. The van der Waals surface area contributed by atoms with Crippen molar-refractivity contribution in [3.05, 3.63) is 57.6 Å². The van der Waals surface area contributed by atoms with Crippen molar-refractivity contribution < 1.29 is 23.9 Å². The first-order valence-electron chi connectivity index (χ1n) is 8.77. The molecule has 0 bridgehead atoms. The van der Waals surface area contributed by atoms with Crippen molar-refractivity contribution in [2.75, 3.05) is 18.6 Å². The number of barbiturate groups is 1. The second-order valence-electron chi connectivity index (χ2n) is 6.29. The number of nitrogens with one attached hydrogen (secondary N) is 1. The highest BCUT2D eigenvalue weighted by Gasteiger charge is 2.37. The summed E-state index contributed by atoms with van der Waals surface area (Å²) in [7, 11) is 1.50. The SMILES string of the molecule is C#CCOc1cc(OC)ccc1/C=C1/C(=O)NC(=O)N(c2ccc(Br)cc2C)C1=O. The van der Waals surface area contributed by atoms with Gasteiger partial charge in [-0.2, -0.15) is 0 Å². The molecule has 7 nitrogen and oxygen atoms in total. The Bertz CT molecular complexity index is 1120. The van der Waals surface area contributed by atoms with E-state index in [1.54, 1.807) is 43.3 Å². The van der Waals surface area contributed by atoms with Crippen molar-refractivity contribution >= 4 is 45.5 Å². The molecule has 2 aromatic rings. The fourth-order valence-electron chi connectivity index (χ4n) is 2.91. The van der Waals surface area contributed by atoms with Crippen LogP contribution in [0.4, 0.5) is 10.5 Å². The van der Waals surface area contributed by atoms with Crippen molar-refractivity contribution in [3.63, 3.8) is 0 Å². The quantitative estimate of drug-likeness (QED) is 0.412. The minimum absolute atomic E-state index is 0.00776. The van der Waals surface area contributed by atoms with E-state index in [0.29, 0.717) is 28.3 Å². The third-order valence-corrected chi connectivity index (χ3v) is 4.83. The minimum atomic E-state index is -0.814. The summed E-state index contributed by atoms with van der Waals surface area (Å²) in [6.45, 7) is 1.75. The Morgan fingerprint density at radius 1 is 1.20 bits per heavy atom. The molecular weight excluding hydrogens is 452 g/mol. The molecule has 1 N–H and O–H groups in total. The topological polar surface area (TPSA) is 84.9 Å². The summed E-state index contributed by atoms with van der Waals surface area (Å²) in [6.07, 6.45) is 6.62. The van der Waals surface area contributed by atoms with E-state index < -0.39 is 17.8 Å². The normalized spacial score (nSPS) is 15.1. The van der Waals surface area contributed by atoms with Crippen LogP contribution >= 0.6 is 15.9 Å². The summed E-state index contributed by atoms with van der Waals surface area (Å²) in [6, 6.07) is 9.16. The molecule has 1 heterocycles. The number of ether oxygens (including phenoxy) is 2. The lowest BCUT2D eigenvalue weighted by atomic mass is 10.0. The largest absolute Gasteiger partial charge is 0.497 e. The zero-order chi connectivity index (χ0) is 21.8. The summed E-state index contributed by atoms with van der Waals surface area (Å²) in [4.78, 5) is 38.9. The molecule has 0 aromatic heterocycles. The van der Waals surface area contributed by atoms with E-state index in [1.807, 2.05) is 0 Å². The average molecular weight is 469 g/mol. The first-order chi connectivity index (χ1) is 14.3. The lowest BCUT2D eigenvalue weighted by Crippen LogP contribution is -2.54. The Morgan fingerprint density at radius 3 is 2.63 bits per heavy atom. The number of imide groups is 2. The van der Waals surface area contributed by atoms with Gasteiger partial charge < -0.3 is 9.47 Å². The number of terminal acetylenes is 1. The van der Waals surface area contributed by atoms with Crippen LogP contribution in [0.1, 0.15) is 11.1 Å². The number of amides is 4. The summed E-state index contributed by atoms with van der Waals surface area (Å²) in [5.74, 6) is 1.68. The molecule has 0 atom stereocenters. The van der Waals surface area contributed by atoms with Gasteiger partial charge in [-0.15, -0.1) is 6.42 Å². The van der Waals surface area contributed by atoms with Crippen LogP contribution in [0.3, 0.4) is 0 Å². The van der Waals surface area contributed by atoms with Gasteiger partial charge in [0.1, 0.15) is 23.7 Å². The van der Waals surface area contributed by atoms with Gasteiger partial charge in [-0.25, -0.2) is 9.69 Å². The molecule has 4 amide bonds. The molecule has 1 fully saturated rings. The number of aryl methyl sites for hydroxylation is 1. The number of anilines is 1. The third-order valence-electron chi connectivity index (χ3n) is 4.33. The maximum absolute atomic E-state index is 13.1. The Kier molecular flexibility index (Phi) is 6.23. The molecule has 152 valence electrons. The van der Waals surface area contributed by atoms with Gasteiger partial charge in [0.05, 0.1) is 12.8 Å². The van der Waals surface area contributed by atoms with Gasteiger partial charge in [-0.1, -0.05) is 21.9 Å². The average Bonchev–Trinajstić information content (AvgIpc) is 2.71. The number of benzene rings is 2. The van der Waals surface area contributed by atoms with Crippen LogP contribution in [0, 0.1) is 19.3 Å². The molecule has 2 aromatic carbocycles. The van der Waals surface area contributed by atoms with Gasteiger partial charge in [0.25, 0.3) is 11.8 Å². The molecule has 3 rings (SSSR count). The lowest BCUT2D eigenvalue weighted by molar-refractivity contribution is -0.122. The zero-order valence-electron chi connectivity index (χ0n) is 16.2. The van der Waals surface area contributed by atoms with Gasteiger partial charge in [0.15, 0.2) is 0 Å². The summed E-state index contributed by atoms with van der Waals surface area (Å²) < 4.78 is 11.5. The predicted molar refractivity (Wildman–Crippen MR) is 115 cm³/mol. The smallest absolute Gasteiger partial charge is 0.335 e. The second kappa shape index (κ2) is 8.84. The van der Waals surface area contributed by atoms with Gasteiger partial charge >= 0.3 is 6.03 Å². The van der Waals surface area contributed by atoms with Crippen LogP contribution in [-0.2, 0) is 9.59 Å². The molecule has 0 spiro atoms. The standard InChI is InChI=1S/C22H17BrN2O5/c1-4-9-30-19-12-16(29-3)7-5-14(19)11-17-20(26)24-22(28)25(21(17)27)18-8-6-15(23)10-13(18)2/h1,5-8,10-12H,9H2,2-3H3,(H,24,26,28)/b17-11-. The van der Waals surface area contributed by atoms with Gasteiger partial charge in [0, 0.05) is 16.1 Å². The number of nitrogens with zero attached hydrogens (tertiary/aromatic N) is 1. The third kappa shape index (κ3) is 4.21.